The first-order valence-corrected chi connectivity index (χ1v) is 14.1. The number of likely N-dealkylation sites (N-methyl/N-ethyl adjacent to an activating group) is 1. The Morgan fingerprint density at radius 1 is 0.947 bits per heavy atom. The van der Waals surface area contributed by atoms with Crippen LogP contribution in [0, 0.1) is 13.8 Å². The van der Waals surface area contributed by atoms with E-state index in [0.717, 1.165) is 32.8 Å². The molecule has 0 spiro atoms. The Morgan fingerprint density at radius 3 is 2.24 bits per heavy atom. The smallest absolute Gasteiger partial charge is 0.244 e. The first-order valence-electron chi connectivity index (χ1n) is 12.3. The number of rotatable bonds is 11. The van der Waals surface area contributed by atoms with Gasteiger partial charge in [-0.2, -0.15) is 0 Å². The van der Waals surface area contributed by atoms with Gasteiger partial charge in [0.1, 0.15) is 18.3 Å². The van der Waals surface area contributed by atoms with E-state index in [2.05, 4.69) is 5.32 Å². The van der Waals surface area contributed by atoms with Crippen LogP contribution in [-0.2, 0) is 32.6 Å². The van der Waals surface area contributed by atoms with Crippen molar-refractivity contribution in [2.45, 2.75) is 32.9 Å². The highest BCUT2D eigenvalue weighted by atomic mass is 32.2. The SMILES string of the molecule is CNC(=O)[C@H](Cc1ccccc1)N(Cc1cccc(OC)c1)C(=O)CN(c1cccc(C)c1C)S(C)(=O)=O. The minimum Gasteiger partial charge on any atom is -0.497 e. The second kappa shape index (κ2) is 12.6. The van der Waals surface area contributed by atoms with Crippen molar-refractivity contribution in [3.05, 3.63) is 95.1 Å². The molecule has 1 N–H and O–H groups in total. The van der Waals surface area contributed by atoms with Gasteiger partial charge in [0.05, 0.1) is 19.1 Å². The van der Waals surface area contributed by atoms with Crippen LogP contribution in [0.15, 0.2) is 72.8 Å². The van der Waals surface area contributed by atoms with E-state index in [4.69, 9.17) is 4.74 Å². The molecule has 0 heterocycles. The first-order chi connectivity index (χ1) is 18.0. The predicted molar refractivity (Wildman–Crippen MR) is 150 cm³/mol. The molecule has 0 fully saturated rings. The number of carbonyl (C=O) groups is 2. The molecule has 2 amide bonds. The fourth-order valence-electron chi connectivity index (χ4n) is 4.29. The molecule has 0 unspecified atom stereocenters. The first kappa shape index (κ1) is 28.7. The average Bonchev–Trinajstić information content (AvgIpc) is 2.90. The molecule has 3 aromatic carbocycles. The largest absolute Gasteiger partial charge is 0.497 e. The third-order valence-corrected chi connectivity index (χ3v) is 7.65. The van der Waals surface area contributed by atoms with Crippen LogP contribution in [0.2, 0.25) is 0 Å². The Hall–Kier alpha value is -3.85. The van der Waals surface area contributed by atoms with Gasteiger partial charge < -0.3 is 15.0 Å². The third kappa shape index (κ3) is 7.13. The molecule has 0 aromatic heterocycles. The van der Waals surface area contributed by atoms with Gasteiger partial charge in [0.25, 0.3) is 0 Å². The Kier molecular flexibility index (Phi) is 9.52. The second-order valence-corrected chi connectivity index (χ2v) is 11.1. The number of hydrogen-bond donors (Lipinski definition) is 1. The molecular formula is C29H35N3O5S. The highest BCUT2D eigenvalue weighted by Gasteiger charge is 2.33. The number of amides is 2. The van der Waals surface area contributed by atoms with E-state index in [1.54, 1.807) is 31.4 Å². The molecule has 0 aliphatic heterocycles. The van der Waals surface area contributed by atoms with E-state index in [-0.39, 0.29) is 18.9 Å². The molecule has 8 nitrogen and oxygen atoms in total. The van der Waals surface area contributed by atoms with Crippen molar-refractivity contribution < 1.29 is 22.7 Å². The summed E-state index contributed by atoms with van der Waals surface area (Å²) in [5.41, 5.74) is 3.72. The van der Waals surface area contributed by atoms with Crippen LogP contribution in [-0.4, -0.2) is 58.1 Å². The summed E-state index contributed by atoms with van der Waals surface area (Å²) < 4.78 is 32.3. The number of nitrogens with zero attached hydrogens (tertiary/aromatic N) is 2. The van der Waals surface area contributed by atoms with Gasteiger partial charge in [-0.25, -0.2) is 8.42 Å². The lowest BCUT2D eigenvalue weighted by atomic mass is 10.0. The summed E-state index contributed by atoms with van der Waals surface area (Å²) >= 11 is 0. The number of ether oxygens (including phenoxy) is 1. The molecule has 0 saturated heterocycles. The lowest BCUT2D eigenvalue weighted by molar-refractivity contribution is -0.139. The second-order valence-electron chi connectivity index (χ2n) is 9.18. The molecule has 0 radical (unpaired) electrons. The molecule has 9 heteroatoms. The van der Waals surface area contributed by atoms with Crippen molar-refractivity contribution in [1.29, 1.82) is 0 Å². The Morgan fingerprint density at radius 2 is 1.61 bits per heavy atom. The maximum atomic E-state index is 14.0. The summed E-state index contributed by atoms with van der Waals surface area (Å²) in [6, 6.07) is 21.1. The molecule has 0 saturated carbocycles. The minimum atomic E-state index is -3.81. The van der Waals surface area contributed by atoms with E-state index in [9.17, 15) is 18.0 Å². The van der Waals surface area contributed by atoms with E-state index in [1.165, 1.54) is 11.9 Å². The van der Waals surface area contributed by atoms with E-state index >= 15 is 0 Å². The normalized spacial score (nSPS) is 11.9. The van der Waals surface area contributed by atoms with Crippen LogP contribution in [0.4, 0.5) is 5.69 Å². The maximum absolute atomic E-state index is 14.0. The van der Waals surface area contributed by atoms with Crippen LogP contribution in [0.5, 0.6) is 5.75 Å². The summed E-state index contributed by atoms with van der Waals surface area (Å²) in [4.78, 5) is 28.6. The average molecular weight is 538 g/mol. The Balaban J connectivity index is 2.06. The summed E-state index contributed by atoms with van der Waals surface area (Å²) in [5, 5.41) is 2.67. The molecular weight excluding hydrogens is 502 g/mol. The lowest BCUT2D eigenvalue weighted by Crippen LogP contribution is -2.53. The Labute approximate surface area is 225 Å². The van der Waals surface area contributed by atoms with E-state index in [1.807, 2.05) is 62.4 Å². The predicted octanol–water partition coefficient (Wildman–Crippen LogP) is 3.46. The molecule has 3 aromatic rings. The molecule has 3 rings (SSSR count). The zero-order valence-corrected chi connectivity index (χ0v) is 23.3. The van der Waals surface area contributed by atoms with Crippen LogP contribution in [0.3, 0.4) is 0 Å². The number of aryl methyl sites for hydroxylation is 1. The van der Waals surface area contributed by atoms with Gasteiger partial charge in [-0.15, -0.1) is 0 Å². The van der Waals surface area contributed by atoms with Crippen LogP contribution in [0.1, 0.15) is 22.3 Å². The standard InChI is InChI=1S/C29H35N3O5S/c1-21-11-9-16-26(22(21)2)32(38(5,35)36)20-28(33)31(19-24-14-10-15-25(17-24)37-4)27(29(34)30-3)18-23-12-7-6-8-13-23/h6-17,27H,18-20H2,1-5H3,(H,30,34)/t27-/m0/s1. The molecule has 38 heavy (non-hydrogen) atoms. The highest BCUT2D eigenvalue weighted by Crippen LogP contribution is 2.26. The van der Waals surface area contributed by atoms with Gasteiger partial charge in [0.2, 0.25) is 21.8 Å². The van der Waals surface area contributed by atoms with Crippen LogP contribution in [0.25, 0.3) is 0 Å². The zero-order valence-electron chi connectivity index (χ0n) is 22.5. The highest BCUT2D eigenvalue weighted by molar-refractivity contribution is 7.92. The van der Waals surface area contributed by atoms with Gasteiger partial charge in [-0.05, 0) is 54.3 Å². The topological polar surface area (TPSA) is 96.0 Å². The maximum Gasteiger partial charge on any atom is 0.244 e. The number of benzene rings is 3. The van der Waals surface area contributed by atoms with Gasteiger partial charge >= 0.3 is 0 Å². The van der Waals surface area contributed by atoms with Crippen LogP contribution >= 0.6 is 0 Å². The molecule has 0 bridgehead atoms. The van der Waals surface area contributed by atoms with Gasteiger partial charge in [0.15, 0.2) is 0 Å². The fraction of sp³-hybridized carbons (Fsp3) is 0.310. The number of nitrogens with one attached hydrogen (secondary N) is 1. The minimum absolute atomic E-state index is 0.0886. The van der Waals surface area contributed by atoms with Crippen molar-refractivity contribution >= 4 is 27.5 Å². The molecule has 0 aliphatic rings. The van der Waals surface area contributed by atoms with Crippen molar-refractivity contribution in [3.8, 4) is 5.75 Å². The van der Waals surface area contributed by atoms with Crippen molar-refractivity contribution in [1.82, 2.24) is 10.2 Å². The number of anilines is 1. The lowest BCUT2D eigenvalue weighted by Gasteiger charge is -2.33. The molecule has 202 valence electrons. The summed E-state index contributed by atoms with van der Waals surface area (Å²) in [6.07, 6.45) is 1.34. The summed E-state index contributed by atoms with van der Waals surface area (Å²) in [5.74, 6) is -0.228. The molecule has 0 aliphatic carbocycles. The summed E-state index contributed by atoms with van der Waals surface area (Å²) in [6.45, 7) is 3.35. The van der Waals surface area contributed by atoms with Crippen molar-refractivity contribution in [2.24, 2.45) is 0 Å². The van der Waals surface area contributed by atoms with Gasteiger partial charge in [0, 0.05) is 20.0 Å². The van der Waals surface area contributed by atoms with E-state index in [0.29, 0.717) is 11.4 Å². The number of sulfonamides is 1. The third-order valence-electron chi connectivity index (χ3n) is 6.53. The summed E-state index contributed by atoms with van der Waals surface area (Å²) in [7, 11) is -0.739. The number of hydrogen-bond acceptors (Lipinski definition) is 5. The quantitative estimate of drug-likeness (QED) is 0.404. The van der Waals surface area contributed by atoms with Crippen molar-refractivity contribution in [2.75, 3.05) is 31.3 Å². The molecule has 1 atom stereocenters. The zero-order chi connectivity index (χ0) is 27.9. The van der Waals surface area contributed by atoms with E-state index < -0.39 is 28.5 Å². The number of carbonyl (C=O) groups excluding carboxylic acids is 2. The monoisotopic (exact) mass is 537 g/mol. The fourth-order valence-corrected chi connectivity index (χ4v) is 5.19. The van der Waals surface area contributed by atoms with Gasteiger partial charge in [-0.1, -0.05) is 54.6 Å². The Bertz CT molecular complexity index is 1380. The van der Waals surface area contributed by atoms with Crippen LogP contribution < -0.4 is 14.4 Å². The number of methoxy groups -OCH3 is 1. The van der Waals surface area contributed by atoms with Gasteiger partial charge in [-0.3, -0.25) is 13.9 Å². The van der Waals surface area contributed by atoms with Crippen molar-refractivity contribution in [3.63, 3.8) is 0 Å².